The number of fused-ring (bicyclic) bond motifs is 1. The summed E-state index contributed by atoms with van der Waals surface area (Å²) in [6.07, 6.45) is 1.63. The second-order valence-corrected chi connectivity index (χ2v) is 4.64. The molecule has 2 aromatic rings. The smallest absolute Gasteiger partial charge is 0.261 e. The predicted octanol–water partition coefficient (Wildman–Crippen LogP) is 2.53. The Kier molecular flexibility index (Phi) is 2.80. The van der Waals surface area contributed by atoms with Crippen LogP contribution >= 0.6 is 11.6 Å². The van der Waals surface area contributed by atoms with Crippen molar-refractivity contribution in [3.05, 3.63) is 64.4 Å². The van der Waals surface area contributed by atoms with Crippen molar-refractivity contribution < 1.29 is 9.59 Å². The Bertz CT molecular complexity index is 670. The predicted molar refractivity (Wildman–Crippen MR) is 69.9 cm³/mol. The summed E-state index contributed by atoms with van der Waals surface area (Å²) in [5.74, 6) is -0.629. The van der Waals surface area contributed by atoms with Crippen LogP contribution in [0.2, 0.25) is 5.02 Å². The zero-order chi connectivity index (χ0) is 13.4. The van der Waals surface area contributed by atoms with Crippen LogP contribution in [0.3, 0.4) is 0 Å². The van der Waals surface area contributed by atoms with E-state index in [-0.39, 0.29) is 18.4 Å². The fraction of sp³-hybridized carbons (Fsp3) is 0.0714. The third kappa shape index (κ3) is 2.00. The number of halogens is 1. The van der Waals surface area contributed by atoms with Gasteiger partial charge in [-0.25, -0.2) is 0 Å². The van der Waals surface area contributed by atoms with Crippen LogP contribution in [0, 0.1) is 0 Å². The van der Waals surface area contributed by atoms with Crippen LogP contribution in [-0.2, 0) is 6.54 Å². The Hall–Kier alpha value is -2.20. The minimum absolute atomic E-state index is 0.171. The number of aromatic nitrogens is 1. The lowest BCUT2D eigenvalue weighted by atomic mass is 10.1. The molecule has 0 N–H and O–H groups in total. The Balaban J connectivity index is 1.95. The van der Waals surface area contributed by atoms with E-state index in [1.165, 1.54) is 11.0 Å². The van der Waals surface area contributed by atoms with Gasteiger partial charge in [0.05, 0.1) is 23.4 Å². The first kappa shape index (κ1) is 11.9. The Morgan fingerprint density at radius 3 is 2.58 bits per heavy atom. The highest BCUT2D eigenvalue weighted by atomic mass is 35.5. The third-order valence-electron chi connectivity index (χ3n) is 2.98. The minimum Gasteiger partial charge on any atom is -0.269 e. The summed E-state index contributed by atoms with van der Waals surface area (Å²) in [4.78, 5) is 29.6. The molecule has 0 bridgehead atoms. The molecule has 5 heteroatoms. The van der Waals surface area contributed by atoms with Crippen LogP contribution in [0.1, 0.15) is 26.4 Å². The number of hydrogen-bond donors (Lipinski definition) is 0. The average Bonchev–Trinajstić information content (AvgIpc) is 2.65. The molecule has 1 aromatic heterocycles. The van der Waals surface area contributed by atoms with Crippen LogP contribution < -0.4 is 0 Å². The normalized spacial score (nSPS) is 13.8. The second-order valence-electron chi connectivity index (χ2n) is 4.21. The number of imide groups is 1. The van der Waals surface area contributed by atoms with Crippen molar-refractivity contribution >= 4 is 23.4 Å². The fourth-order valence-electron chi connectivity index (χ4n) is 2.06. The number of nitrogens with zero attached hydrogens (tertiary/aromatic N) is 2. The summed E-state index contributed by atoms with van der Waals surface area (Å²) in [5.41, 5.74) is 1.42. The van der Waals surface area contributed by atoms with Gasteiger partial charge in [0.15, 0.2) is 0 Å². The van der Waals surface area contributed by atoms with Crippen LogP contribution in [-0.4, -0.2) is 21.7 Å². The van der Waals surface area contributed by atoms with E-state index in [0.717, 1.165) is 0 Å². The van der Waals surface area contributed by atoms with E-state index in [1.54, 1.807) is 30.5 Å². The first-order valence-corrected chi connectivity index (χ1v) is 6.10. The molecular formula is C14H9ClN2O2. The Morgan fingerprint density at radius 2 is 1.84 bits per heavy atom. The zero-order valence-electron chi connectivity index (χ0n) is 9.84. The molecule has 19 heavy (non-hydrogen) atoms. The molecule has 4 nitrogen and oxygen atoms in total. The van der Waals surface area contributed by atoms with Gasteiger partial charge in [-0.3, -0.25) is 19.5 Å². The molecule has 1 aliphatic heterocycles. The molecule has 0 atom stereocenters. The maximum absolute atomic E-state index is 12.2. The van der Waals surface area contributed by atoms with Gasteiger partial charge < -0.3 is 0 Å². The summed E-state index contributed by atoms with van der Waals surface area (Å²) in [5, 5.41) is 0.444. The molecule has 3 rings (SSSR count). The van der Waals surface area contributed by atoms with E-state index >= 15 is 0 Å². The molecule has 1 aromatic carbocycles. The molecule has 0 aliphatic carbocycles. The van der Waals surface area contributed by atoms with Crippen molar-refractivity contribution in [1.82, 2.24) is 9.88 Å². The first-order valence-electron chi connectivity index (χ1n) is 5.72. The van der Waals surface area contributed by atoms with Gasteiger partial charge in [-0.1, -0.05) is 17.7 Å². The van der Waals surface area contributed by atoms with Crippen molar-refractivity contribution in [3.63, 3.8) is 0 Å². The number of hydrogen-bond acceptors (Lipinski definition) is 3. The highest BCUT2D eigenvalue weighted by molar-refractivity contribution is 6.32. The van der Waals surface area contributed by atoms with E-state index < -0.39 is 0 Å². The Labute approximate surface area is 114 Å². The molecule has 0 fully saturated rings. The maximum Gasteiger partial charge on any atom is 0.261 e. The highest BCUT2D eigenvalue weighted by Crippen LogP contribution is 2.26. The topological polar surface area (TPSA) is 50.3 Å². The van der Waals surface area contributed by atoms with Gasteiger partial charge in [0.2, 0.25) is 0 Å². The molecule has 2 heterocycles. The van der Waals surface area contributed by atoms with Crippen LogP contribution in [0.5, 0.6) is 0 Å². The molecule has 0 unspecified atom stereocenters. The molecule has 0 saturated carbocycles. The molecule has 0 saturated heterocycles. The highest BCUT2D eigenvalue weighted by Gasteiger charge is 2.35. The number of benzene rings is 1. The van der Waals surface area contributed by atoms with E-state index in [1.807, 2.05) is 6.07 Å². The molecule has 0 spiro atoms. The number of carbonyl (C=O) groups excluding carboxylic acids is 2. The lowest BCUT2D eigenvalue weighted by Gasteiger charge is -2.12. The quantitative estimate of drug-likeness (QED) is 0.790. The van der Waals surface area contributed by atoms with E-state index in [2.05, 4.69) is 4.98 Å². The van der Waals surface area contributed by atoms with Gasteiger partial charge in [-0.15, -0.1) is 0 Å². The first-order chi connectivity index (χ1) is 9.16. The van der Waals surface area contributed by atoms with E-state index in [0.29, 0.717) is 21.8 Å². The minimum atomic E-state index is -0.326. The fourth-order valence-corrected chi connectivity index (χ4v) is 2.23. The number of pyridine rings is 1. The number of rotatable bonds is 2. The molecular weight excluding hydrogens is 264 g/mol. The summed E-state index contributed by atoms with van der Waals surface area (Å²) in [6.45, 7) is 0.171. The van der Waals surface area contributed by atoms with Crippen molar-refractivity contribution in [2.75, 3.05) is 0 Å². The molecule has 94 valence electrons. The molecule has 1 aliphatic rings. The van der Waals surface area contributed by atoms with Gasteiger partial charge in [0, 0.05) is 11.2 Å². The van der Waals surface area contributed by atoms with Gasteiger partial charge in [-0.2, -0.15) is 0 Å². The summed E-state index contributed by atoms with van der Waals surface area (Å²) in [7, 11) is 0. The largest absolute Gasteiger partial charge is 0.269 e. The number of carbonyl (C=O) groups is 2. The lowest BCUT2D eigenvalue weighted by molar-refractivity contribution is 0.0640. The second kappa shape index (κ2) is 4.48. The van der Waals surface area contributed by atoms with Gasteiger partial charge in [0.1, 0.15) is 0 Å². The summed E-state index contributed by atoms with van der Waals surface area (Å²) in [6, 6.07) is 10.1. The van der Waals surface area contributed by atoms with Gasteiger partial charge in [-0.05, 0) is 30.3 Å². The van der Waals surface area contributed by atoms with Crippen molar-refractivity contribution in [2.24, 2.45) is 0 Å². The van der Waals surface area contributed by atoms with Crippen LogP contribution in [0.25, 0.3) is 0 Å². The summed E-state index contributed by atoms with van der Waals surface area (Å²) >= 11 is 5.85. The van der Waals surface area contributed by atoms with Gasteiger partial charge in [0.25, 0.3) is 11.8 Å². The molecule has 2 amide bonds. The lowest BCUT2D eigenvalue weighted by Crippen LogP contribution is -2.29. The van der Waals surface area contributed by atoms with E-state index in [9.17, 15) is 9.59 Å². The average molecular weight is 273 g/mol. The van der Waals surface area contributed by atoms with E-state index in [4.69, 9.17) is 11.6 Å². The van der Waals surface area contributed by atoms with Crippen LogP contribution in [0.15, 0.2) is 42.6 Å². The zero-order valence-corrected chi connectivity index (χ0v) is 10.6. The molecule has 0 radical (unpaired) electrons. The standard InChI is InChI=1S/C14H9ClN2O2/c15-9-4-5-11-12(7-9)14(19)17(13(11)18)8-10-3-1-2-6-16-10/h1-7H,8H2. The van der Waals surface area contributed by atoms with Crippen molar-refractivity contribution in [1.29, 1.82) is 0 Å². The number of amides is 2. The summed E-state index contributed by atoms with van der Waals surface area (Å²) < 4.78 is 0. The SMILES string of the molecule is O=C1c2ccc(Cl)cc2C(=O)N1Cc1ccccn1. The maximum atomic E-state index is 12.2. The van der Waals surface area contributed by atoms with Crippen molar-refractivity contribution in [2.45, 2.75) is 6.54 Å². The van der Waals surface area contributed by atoms with Crippen LogP contribution in [0.4, 0.5) is 0 Å². The third-order valence-corrected chi connectivity index (χ3v) is 3.21. The Morgan fingerprint density at radius 1 is 1.05 bits per heavy atom. The van der Waals surface area contributed by atoms with Crippen molar-refractivity contribution in [3.8, 4) is 0 Å². The monoisotopic (exact) mass is 272 g/mol. The van der Waals surface area contributed by atoms with Gasteiger partial charge >= 0.3 is 0 Å².